The van der Waals surface area contributed by atoms with E-state index in [-0.39, 0.29) is 34.6 Å². The molecule has 1 aliphatic rings. The standard InChI is InChI=1S/C23H24F2N6O3S/c1-30-9-11-31(12-10-30)14-19(32)26-17-13-16(7-8-18(17)34-22(24)25)20(33)27-23-29-28-21(35-23)15-5-3-2-4-6-15/h2-8,13,22H,9-12,14H2,1H3,(H,26,32)(H,27,29,33). The second-order valence-electron chi connectivity index (χ2n) is 7.95. The number of likely N-dealkylation sites (N-methyl/N-ethyl adjacent to an activating group) is 1. The lowest BCUT2D eigenvalue weighted by Crippen LogP contribution is -2.47. The van der Waals surface area contributed by atoms with Crippen molar-refractivity contribution in [2.24, 2.45) is 0 Å². The molecule has 12 heteroatoms. The maximum atomic E-state index is 12.9. The molecule has 4 rings (SSSR count). The number of carbonyl (C=O) groups excluding carboxylic acids is 2. The summed E-state index contributed by atoms with van der Waals surface area (Å²) in [6.45, 7) is 0.131. The fourth-order valence-electron chi connectivity index (χ4n) is 3.51. The second-order valence-corrected chi connectivity index (χ2v) is 8.93. The van der Waals surface area contributed by atoms with Crippen molar-refractivity contribution in [1.29, 1.82) is 0 Å². The molecule has 1 saturated heterocycles. The molecular formula is C23H24F2N6O3S. The molecule has 1 fully saturated rings. The average molecular weight is 503 g/mol. The van der Waals surface area contributed by atoms with Gasteiger partial charge in [-0.05, 0) is 25.2 Å². The van der Waals surface area contributed by atoms with E-state index in [4.69, 9.17) is 0 Å². The predicted molar refractivity (Wildman–Crippen MR) is 129 cm³/mol. The fourth-order valence-corrected chi connectivity index (χ4v) is 4.25. The molecule has 0 radical (unpaired) electrons. The topological polar surface area (TPSA) is 99.7 Å². The number of nitrogens with one attached hydrogen (secondary N) is 2. The van der Waals surface area contributed by atoms with Crippen LogP contribution < -0.4 is 15.4 Å². The molecule has 1 aromatic heterocycles. The Hall–Kier alpha value is -3.48. The van der Waals surface area contributed by atoms with Gasteiger partial charge in [0.15, 0.2) is 0 Å². The number of ether oxygens (including phenoxy) is 1. The zero-order valence-corrected chi connectivity index (χ0v) is 19.7. The highest BCUT2D eigenvalue weighted by atomic mass is 32.1. The number of piperazine rings is 1. The summed E-state index contributed by atoms with van der Waals surface area (Å²) >= 11 is 1.20. The van der Waals surface area contributed by atoms with Crippen LogP contribution in [-0.4, -0.2) is 78.2 Å². The second kappa shape index (κ2) is 11.3. The molecule has 184 valence electrons. The summed E-state index contributed by atoms with van der Waals surface area (Å²) in [7, 11) is 2.01. The third kappa shape index (κ3) is 6.78. The van der Waals surface area contributed by atoms with Crippen molar-refractivity contribution in [2.45, 2.75) is 6.61 Å². The van der Waals surface area contributed by atoms with Crippen LogP contribution in [0.4, 0.5) is 19.6 Å². The van der Waals surface area contributed by atoms with Gasteiger partial charge in [-0.1, -0.05) is 41.7 Å². The Labute approximate surface area is 204 Å². The Bertz CT molecular complexity index is 1170. The number of hydrogen-bond acceptors (Lipinski definition) is 8. The lowest BCUT2D eigenvalue weighted by molar-refractivity contribution is -0.117. The molecule has 2 N–H and O–H groups in total. The first-order valence-corrected chi connectivity index (χ1v) is 11.7. The van der Waals surface area contributed by atoms with Crippen LogP contribution in [0.1, 0.15) is 10.4 Å². The molecule has 35 heavy (non-hydrogen) atoms. The van der Waals surface area contributed by atoms with Crippen molar-refractivity contribution in [3.8, 4) is 16.3 Å². The van der Waals surface area contributed by atoms with Crippen molar-refractivity contribution < 1.29 is 23.1 Å². The van der Waals surface area contributed by atoms with Gasteiger partial charge in [0.2, 0.25) is 11.0 Å². The van der Waals surface area contributed by atoms with Gasteiger partial charge in [0.1, 0.15) is 10.8 Å². The van der Waals surface area contributed by atoms with E-state index in [1.807, 2.05) is 42.3 Å². The minimum absolute atomic E-state index is 0.0145. The van der Waals surface area contributed by atoms with Gasteiger partial charge in [0, 0.05) is 37.3 Å². The van der Waals surface area contributed by atoms with Crippen LogP contribution in [0.25, 0.3) is 10.6 Å². The Morgan fingerprint density at radius 1 is 1.06 bits per heavy atom. The van der Waals surface area contributed by atoms with Crippen LogP contribution in [-0.2, 0) is 4.79 Å². The third-order valence-electron chi connectivity index (χ3n) is 5.36. The number of alkyl halides is 2. The molecule has 1 aliphatic heterocycles. The van der Waals surface area contributed by atoms with E-state index in [1.54, 1.807) is 0 Å². The lowest BCUT2D eigenvalue weighted by Gasteiger charge is -2.31. The minimum Gasteiger partial charge on any atom is -0.433 e. The van der Waals surface area contributed by atoms with Crippen LogP contribution in [0.2, 0.25) is 0 Å². The van der Waals surface area contributed by atoms with Crippen molar-refractivity contribution >= 4 is 34.0 Å². The Balaban J connectivity index is 1.46. The van der Waals surface area contributed by atoms with E-state index in [0.717, 1.165) is 31.7 Å². The number of hydrogen-bond donors (Lipinski definition) is 2. The molecule has 0 spiro atoms. The number of rotatable bonds is 8. The molecule has 0 saturated carbocycles. The number of nitrogens with zero attached hydrogens (tertiary/aromatic N) is 4. The summed E-state index contributed by atoms with van der Waals surface area (Å²) in [5.41, 5.74) is 0.988. The molecule has 0 aliphatic carbocycles. The molecular weight excluding hydrogens is 478 g/mol. The summed E-state index contributed by atoms with van der Waals surface area (Å²) in [6, 6.07) is 13.2. The van der Waals surface area contributed by atoms with Crippen LogP contribution >= 0.6 is 11.3 Å². The molecule has 3 aromatic rings. The van der Waals surface area contributed by atoms with E-state index in [0.29, 0.717) is 5.01 Å². The summed E-state index contributed by atoms with van der Waals surface area (Å²) in [5.74, 6) is -1.15. The molecule has 2 aromatic carbocycles. The number of amides is 2. The SMILES string of the molecule is CN1CCN(CC(=O)Nc2cc(C(=O)Nc3nnc(-c4ccccc4)s3)ccc2OC(F)F)CC1. The van der Waals surface area contributed by atoms with Gasteiger partial charge in [0.25, 0.3) is 5.91 Å². The van der Waals surface area contributed by atoms with E-state index in [1.165, 1.54) is 29.5 Å². The fraction of sp³-hybridized carbons (Fsp3) is 0.304. The van der Waals surface area contributed by atoms with E-state index in [9.17, 15) is 18.4 Å². The van der Waals surface area contributed by atoms with Crippen molar-refractivity contribution in [3.05, 3.63) is 54.1 Å². The first kappa shape index (κ1) is 24.6. The maximum Gasteiger partial charge on any atom is 0.387 e. The predicted octanol–water partition coefficient (Wildman–Crippen LogP) is 3.24. The number of carbonyl (C=O) groups is 2. The van der Waals surface area contributed by atoms with Gasteiger partial charge < -0.3 is 15.0 Å². The van der Waals surface area contributed by atoms with Gasteiger partial charge in [-0.2, -0.15) is 8.78 Å². The highest BCUT2D eigenvalue weighted by Gasteiger charge is 2.20. The minimum atomic E-state index is -3.08. The van der Waals surface area contributed by atoms with Gasteiger partial charge in [0.05, 0.1) is 12.2 Å². The monoisotopic (exact) mass is 502 g/mol. The summed E-state index contributed by atoms with van der Waals surface area (Å²) in [5, 5.41) is 14.2. The quantitative estimate of drug-likeness (QED) is 0.488. The van der Waals surface area contributed by atoms with Crippen molar-refractivity contribution in [1.82, 2.24) is 20.0 Å². The molecule has 2 amide bonds. The summed E-state index contributed by atoms with van der Waals surface area (Å²) in [4.78, 5) is 29.5. The maximum absolute atomic E-state index is 12.9. The highest BCUT2D eigenvalue weighted by Crippen LogP contribution is 2.29. The number of aromatic nitrogens is 2. The van der Waals surface area contributed by atoms with Crippen molar-refractivity contribution in [3.63, 3.8) is 0 Å². The molecule has 0 bridgehead atoms. The van der Waals surface area contributed by atoms with Crippen LogP contribution in [0.5, 0.6) is 5.75 Å². The van der Waals surface area contributed by atoms with Gasteiger partial charge >= 0.3 is 6.61 Å². The number of halogens is 2. The molecule has 0 unspecified atom stereocenters. The summed E-state index contributed by atoms with van der Waals surface area (Å²) < 4.78 is 30.3. The Morgan fingerprint density at radius 3 is 2.51 bits per heavy atom. The van der Waals surface area contributed by atoms with Crippen LogP contribution in [0.3, 0.4) is 0 Å². The lowest BCUT2D eigenvalue weighted by atomic mass is 10.1. The van der Waals surface area contributed by atoms with Crippen molar-refractivity contribution in [2.75, 3.05) is 50.4 Å². The van der Waals surface area contributed by atoms with Gasteiger partial charge in [-0.15, -0.1) is 10.2 Å². The smallest absolute Gasteiger partial charge is 0.387 e. The van der Waals surface area contributed by atoms with E-state index >= 15 is 0 Å². The van der Waals surface area contributed by atoms with Crippen LogP contribution in [0, 0.1) is 0 Å². The normalized spacial score (nSPS) is 14.6. The first-order chi connectivity index (χ1) is 16.9. The highest BCUT2D eigenvalue weighted by molar-refractivity contribution is 7.18. The van der Waals surface area contributed by atoms with Crippen LogP contribution in [0.15, 0.2) is 48.5 Å². The van der Waals surface area contributed by atoms with E-state index < -0.39 is 12.5 Å². The summed E-state index contributed by atoms with van der Waals surface area (Å²) in [6.07, 6.45) is 0. The largest absolute Gasteiger partial charge is 0.433 e. The van der Waals surface area contributed by atoms with Gasteiger partial charge in [-0.25, -0.2) is 0 Å². The molecule has 9 nitrogen and oxygen atoms in total. The van der Waals surface area contributed by atoms with E-state index in [2.05, 4.69) is 30.5 Å². The molecule has 0 atom stereocenters. The molecule has 2 heterocycles. The average Bonchev–Trinajstić information content (AvgIpc) is 3.30. The Kier molecular flexibility index (Phi) is 7.95. The first-order valence-electron chi connectivity index (χ1n) is 10.9. The number of anilines is 2. The zero-order chi connectivity index (χ0) is 24.8. The van der Waals surface area contributed by atoms with Gasteiger partial charge in [-0.3, -0.25) is 19.8 Å². The third-order valence-corrected chi connectivity index (χ3v) is 6.25. The Morgan fingerprint density at radius 2 is 1.80 bits per heavy atom. The number of benzene rings is 2. The zero-order valence-electron chi connectivity index (χ0n) is 18.9.